The first-order valence-corrected chi connectivity index (χ1v) is 8.27. The van der Waals surface area contributed by atoms with E-state index in [1.807, 2.05) is 12.1 Å². The number of Topliss-reactive ketones (excluding diaryl/α,β-unsaturated/α-hetero) is 1. The molecular formula is C15H9O4S2-. The third kappa shape index (κ3) is 2.78. The van der Waals surface area contributed by atoms with Crippen LogP contribution in [0.3, 0.4) is 0 Å². The van der Waals surface area contributed by atoms with Gasteiger partial charge in [0.1, 0.15) is 10.1 Å². The Morgan fingerprint density at radius 2 is 1.81 bits per heavy atom. The maximum atomic E-state index is 12.2. The molecule has 1 aliphatic rings. The van der Waals surface area contributed by atoms with Crippen molar-refractivity contribution in [1.82, 2.24) is 0 Å². The van der Waals surface area contributed by atoms with E-state index in [9.17, 15) is 17.8 Å². The Hall–Kier alpha value is -1.89. The van der Waals surface area contributed by atoms with Gasteiger partial charge >= 0.3 is 0 Å². The van der Waals surface area contributed by atoms with Gasteiger partial charge in [0.2, 0.25) is 5.78 Å². The van der Waals surface area contributed by atoms with Crippen LogP contribution in [0.4, 0.5) is 0 Å². The first kappa shape index (κ1) is 14.1. The molecule has 3 rings (SSSR count). The van der Waals surface area contributed by atoms with Gasteiger partial charge in [-0.25, -0.2) is 8.42 Å². The van der Waals surface area contributed by atoms with Crippen molar-refractivity contribution in [2.75, 3.05) is 0 Å². The van der Waals surface area contributed by atoms with Crippen molar-refractivity contribution >= 4 is 33.7 Å². The van der Waals surface area contributed by atoms with Gasteiger partial charge in [-0.15, -0.1) is 0 Å². The van der Waals surface area contributed by atoms with Crippen molar-refractivity contribution in [2.24, 2.45) is 0 Å². The maximum absolute atomic E-state index is 12.2. The van der Waals surface area contributed by atoms with Gasteiger partial charge in [-0.2, -0.15) is 0 Å². The molecule has 0 N–H and O–H groups in total. The van der Waals surface area contributed by atoms with Crippen LogP contribution in [0.5, 0.6) is 0 Å². The van der Waals surface area contributed by atoms with Crippen LogP contribution < -0.4 is 0 Å². The molecule has 0 unspecified atom stereocenters. The van der Waals surface area contributed by atoms with Crippen molar-refractivity contribution in [2.45, 2.75) is 9.79 Å². The van der Waals surface area contributed by atoms with Crippen LogP contribution >= 0.6 is 11.8 Å². The van der Waals surface area contributed by atoms with E-state index >= 15 is 0 Å². The standard InChI is InChI=1S/C15H10O4S2/c16-15-12-6-1-2-7-13(12)20-14(15)9-10-4-3-5-11(8-10)21(17,18)19/h1-9H,(H,17,18,19)/p-1/b14-9-. The molecule has 6 heteroatoms. The van der Waals surface area contributed by atoms with Crippen molar-refractivity contribution in [3.8, 4) is 0 Å². The molecule has 21 heavy (non-hydrogen) atoms. The minimum atomic E-state index is -4.50. The van der Waals surface area contributed by atoms with E-state index in [0.717, 1.165) is 4.90 Å². The average molecular weight is 317 g/mol. The lowest BCUT2D eigenvalue weighted by atomic mass is 10.1. The summed E-state index contributed by atoms with van der Waals surface area (Å²) in [6.45, 7) is 0. The maximum Gasteiger partial charge on any atom is 0.200 e. The highest BCUT2D eigenvalue weighted by atomic mass is 32.2. The minimum absolute atomic E-state index is 0.0917. The Morgan fingerprint density at radius 3 is 2.52 bits per heavy atom. The molecule has 0 aromatic heterocycles. The normalized spacial score (nSPS) is 16.2. The molecule has 0 radical (unpaired) electrons. The number of ketones is 1. The van der Waals surface area contributed by atoms with Crippen LogP contribution in [-0.4, -0.2) is 18.8 Å². The van der Waals surface area contributed by atoms with E-state index in [0.29, 0.717) is 16.0 Å². The predicted octanol–water partition coefficient (Wildman–Crippen LogP) is 2.92. The summed E-state index contributed by atoms with van der Waals surface area (Å²) in [6, 6.07) is 12.9. The molecule has 2 aromatic rings. The first-order valence-electron chi connectivity index (χ1n) is 6.04. The van der Waals surface area contributed by atoms with Gasteiger partial charge in [0.05, 0.1) is 9.80 Å². The Balaban J connectivity index is 2.00. The summed E-state index contributed by atoms with van der Waals surface area (Å²) in [5, 5.41) is 0. The lowest BCUT2D eigenvalue weighted by Gasteiger charge is -2.07. The van der Waals surface area contributed by atoms with Crippen LogP contribution in [-0.2, 0) is 10.1 Å². The Morgan fingerprint density at radius 1 is 1.05 bits per heavy atom. The molecule has 4 nitrogen and oxygen atoms in total. The molecule has 0 amide bonds. The fourth-order valence-corrected chi connectivity index (χ4v) is 3.62. The number of carbonyl (C=O) groups excluding carboxylic acids is 1. The number of fused-ring (bicyclic) bond motifs is 1. The van der Waals surface area contributed by atoms with Crippen LogP contribution in [0, 0.1) is 0 Å². The smallest absolute Gasteiger partial charge is 0.200 e. The first-order chi connectivity index (χ1) is 9.95. The van der Waals surface area contributed by atoms with E-state index in [-0.39, 0.29) is 10.7 Å². The number of carbonyl (C=O) groups is 1. The second kappa shape index (κ2) is 5.14. The summed E-state index contributed by atoms with van der Waals surface area (Å²) in [6.07, 6.45) is 1.60. The number of rotatable bonds is 2. The van der Waals surface area contributed by atoms with Gasteiger partial charge in [0.25, 0.3) is 0 Å². The molecule has 0 spiro atoms. The highest BCUT2D eigenvalue weighted by Crippen LogP contribution is 2.40. The SMILES string of the molecule is O=C1/C(=C/c2cccc(S(=O)(=O)[O-])c2)Sc2ccccc21. The minimum Gasteiger partial charge on any atom is -0.744 e. The van der Waals surface area contributed by atoms with Gasteiger partial charge in [0, 0.05) is 10.5 Å². The van der Waals surface area contributed by atoms with Crippen molar-refractivity contribution in [1.29, 1.82) is 0 Å². The molecule has 0 fully saturated rings. The zero-order chi connectivity index (χ0) is 15.0. The average Bonchev–Trinajstić information content (AvgIpc) is 2.75. The second-order valence-electron chi connectivity index (χ2n) is 4.46. The Bertz CT molecular complexity index is 867. The van der Waals surface area contributed by atoms with Gasteiger partial charge in [-0.05, 0) is 35.9 Å². The summed E-state index contributed by atoms with van der Waals surface area (Å²) in [7, 11) is -4.50. The van der Waals surface area contributed by atoms with Gasteiger partial charge in [0.15, 0.2) is 0 Å². The molecule has 106 valence electrons. The van der Waals surface area contributed by atoms with Crippen molar-refractivity contribution in [3.63, 3.8) is 0 Å². The number of hydrogen-bond donors (Lipinski definition) is 0. The van der Waals surface area contributed by atoms with Gasteiger partial charge in [-0.1, -0.05) is 36.0 Å². The van der Waals surface area contributed by atoms with Crippen LogP contribution in [0.15, 0.2) is 63.2 Å². The van der Waals surface area contributed by atoms with E-state index in [4.69, 9.17) is 0 Å². The summed E-state index contributed by atoms with van der Waals surface area (Å²) in [4.78, 5) is 13.3. The lowest BCUT2D eigenvalue weighted by molar-refractivity contribution is 0.104. The van der Waals surface area contributed by atoms with E-state index in [2.05, 4.69) is 0 Å². The quantitative estimate of drug-likeness (QED) is 0.629. The molecule has 0 aliphatic carbocycles. The van der Waals surface area contributed by atoms with Crippen LogP contribution in [0.1, 0.15) is 15.9 Å². The summed E-state index contributed by atoms with van der Waals surface area (Å²) in [5.74, 6) is -0.0917. The van der Waals surface area contributed by atoms with Crippen molar-refractivity contribution < 1.29 is 17.8 Å². The Kier molecular flexibility index (Phi) is 3.44. The fraction of sp³-hybridized carbons (Fsp3) is 0. The third-order valence-electron chi connectivity index (χ3n) is 3.02. The van der Waals surface area contributed by atoms with E-state index in [1.165, 1.54) is 30.0 Å². The molecule has 0 bridgehead atoms. The van der Waals surface area contributed by atoms with Gasteiger partial charge < -0.3 is 4.55 Å². The molecule has 0 atom stereocenters. The number of hydrogen-bond acceptors (Lipinski definition) is 5. The predicted molar refractivity (Wildman–Crippen MR) is 79.0 cm³/mol. The summed E-state index contributed by atoms with van der Waals surface area (Å²) in [5.41, 5.74) is 1.15. The monoisotopic (exact) mass is 317 g/mol. The topological polar surface area (TPSA) is 74.3 Å². The van der Waals surface area contributed by atoms with Crippen LogP contribution in [0.2, 0.25) is 0 Å². The van der Waals surface area contributed by atoms with E-state index in [1.54, 1.807) is 24.3 Å². The third-order valence-corrected chi connectivity index (χ3v) is 4.95. The molecule has 2 aromatic carbocycles. The van der Waals surface area contributed by atoms with Crippen molar-refractivity contribution in [3.05, 3.63) is 64.6 Å². The molecule has 0 saturated carbocycles. The highest BCUT2D eigenvalue weighted by Gasteiger charge is 2.25. The summed E-state index contributed by atoms with van der Waals surface area (Å²) < 4.78 is 33.1. The lowest BCUT2D eigenvalue weighted by Crippen LogP contribution is -1.98. The Labute approximate surface area is 126 Å². The molecule has 1 aliphatic heterocycles. The number of thioether (sulfide) groups is 1. The zero-order valence-corrected chi connectivity index (χ0v) is 12.3. The molecule has 1 heterocycles. The molecule has 0 saturated heterocycles. The second-order valence-corrected chi connectivity index (χ2v) is 6.93. The van der Waals surface area contributed by atoms with Gasteiger partial charge in [-0.3, -0.25) is 4.79 Å². The van der Waals surface area contributed by atoms with E-state index < -0.39 is 10.1 Å². The fourth-order valence-electron chi connectivity index (χ4n) is 2.05. The number of allylic oxidation sites excluding steroid dienone is 1. The zero-order valence-electron chi connectivity index (χ0n) is 10.6. The largest absolute Gasteiger partial charge is 0.744 e. The molecular weight excluding hydrogens is 308 g/mol. The number of benzene rings is 2. The van der Waals surface area contributed by atoms with Crippen LogP contribution in [0.25, 0.3) is 6.08 Å². The summed E-state index contributed by atoms with van der Waals surface area (Å²) >= 11 is 1.34. The highest BCUT2D eigenvalue weighted by molar-refractivity contribution is 8.04.